The van der Waals surface area contributed by atoms with E-state index in [0.717, 1.165) is 24.0 Å². The molecule has 1 aliphatic carbocycles. The van der Waals surface area contributed by atoms with Gasteiger partial charge in [-0.2, -0.15) is 5.10 Å². The molecule has 3 aromatic rings. The predicted molar refractivity (Wildman–Crippen MR) is 100 cm³/mol. The average molecular weight is 367 g/mol. The summed E-state index contributed by atoms with van der Waals surface area (Å²) in [6.07, 6.45) is 4.68. The Morgan fingerprint density at radius 1 is 1.19 bits per heavy atom. The van der Waals surface area contributed by atoms with E-state index in [0.29, 0.717) is 6.54 Å². The highest BCUT2D eigenvalue weighted by Gasteiger charge is 2.28. The second-order valence-electron chi connectivity index (χ2n) is 6.77. The highest BCUT2D eigenvalue weighted by molar-refractivity contribution is 7.89. The molecule has 0 saturated heterocycles. The molecule has 0 saturated carbocycles. The van der Waals surface area contributed by atoms with Crippen LogP contribution in [0.3, 0.4) is 0 Å². The molecule has 0 radical (unpaired) electrons. The van der Waals surface area contributed by atoms with Crippen LogP contribution >= 0.6 is 0 Å². The highest BCUT2D eigenvalue weighted by atomic mass is 32.2. The van der Waals surface area contributed by atoms with E-state index in [2.05, 4.69) is 22.8 Å². The fourth-order valence-electron chi connectivity index (χ4n) is 3.46. The molecule has 4 rings (SSSR count). The number of fused-ring (bicyclic) bond motifs is 1. The summed E-state index contributed by atoms with van der Waals surface area (Å²) in [5.74, 6) is 0. The lowest BCUT2D eigenvalue weighted by Crippen LogP contribution is -2.27. The number of nitrogens with zero attached hydrogens (tertiary/aromatic N) is 2. The number of aromatic nitrogens is 2. The second kappa shape index (κ2) is 6.70. The first kappa shape index (κ1) is 17.0. The van der Waals surface area contributed by atoms with Crippen molar-refractivity contribution < 1.29 is 8.42 Å². The molecular formula is C20H21N3O2S. The Bertz CT molecular complexity index is 1030. The maximum absolute atomic E-state index is 12.8. The minimum absolute atomic E-state index is 0.173. The van der Waals surface area contributed by atoms with E-state index in [4.69, 9.17) is 0 Å². The predicted octanol–water partition coefficient (Wildman–Crippen LogP) is 3.21. The van der Waals surface area contributed by atoms with Gasteiger partial charge in [0.25, 0.3) is 0 Å². The van der Waals surface area contributed by atoms with E-state index in [-0.39, 0.29) is 10.9 Å². The van der Waals surface area contributed by atoms with E-state index in [9.17, 15) is 8.42 Å². The molecule has 0 aliphatic heterocycles. The fourth-order valence-corrected chi connectivity index (χ4v) is 4.67. The maximum Gasteiger partial charge on any atom is 0.244 e. The Morgan fingerprint density at radius 3 is 2.81 bits per heavy atom. The SMILES string of the molecule is Cc1ccc2c(c1)CCC2NS(=O)(=O)c1cnn(Cc2ccccc2)c1. The van der Waals surface area contributed by atoms with Gasteiger partial charge in [0.05, 0.1) is 12.7 Å². The molecule has 1 unspecified atom stereocenters. The highest BCUT2D eigenvalue weighted by Crippen LogP contribution is 2.32. The normalized spacial score (nSPS) is 16.6. The topological polar surface area (TPSA) is 64.0 Å². The third-order valence-corrected chi connectivity index (χ3v) is 6.21. The Labute approximate surface area is 153 Å². The number of benzene rings is 2. The summed E-state index contributed by atoms with van der Waals surface area (Å²) in [4.78, 5) is 0.203. The number of sulfonamides is 1. The van der Waals surface area contributed by atoms with Gasteiger partial charge in [-0.3, -0.25) is 4.68 Å². The van der Waals surface area contributed by atoms with Crippen molar-refractivity contribution in [1.82, 2.24) is 14.5 Å². The molecule has 26 heavy (non-hydrogen) atoms. The third-order valence-electron chi connectivity index (χ3n) is 4.78. The van der Waals surface area contributed by atoms with Crippen molar-refractivity contribution in [3.05, 3.63) is 83.2 Å². The van der Waals surface area contributed by atoms with E-state index in [1.54, 1.807) is 10.9 Å². The number of rotatable bonds is 5. The molecule has 6 heteroatoms. The van der Waals surface area contributed by atoms with Crippen LogP contribution in [-0.2, 0) is 23.0 Å². The zero-order valence-corrected chi connectivity index (χ0v) is 15.4. The molecule has 0 fully saturated rings. The lowest BCUT2D eigenvalue weighted by atomic mass is 10.1. The van der Waals surface area contributed by atoms with Crippen LogP contribution in [0.5, 0.6) is 0 Å². The molecule has 0 spiro atoms. The first-order valence-corrected chi connectivity index (χ1v) is 10.2. The molecule has 134 valence electrons. The smallest absolute Gasteiger partial charge is 0.244 e. The minimum atomic E-state index is -3.60. The monoisotopic (exact) mass is 367 g/mol. The molecular weight excluding hydrogens is 346 g/mol. The van der Waals surface area contributed by atoms with Gasteiger partial charge in [-0.05, 0) is 36.5 Å². The summed E-state index contributed by atoms with van der Waals surface area (Å²) < 4.78 is 30.0. The van der Waals surface area contributed by atoms with Crippen LogP contribution in [-0.4, -0.2) is 18.2 Å². The summed E-state index contributed by atoms with van der Waals surface area (Å²) in [5.41, 5.74) is 4.59. The molecule has 1 atom stereocenters. The molecule has 2 aromatic carbocycles. The van der Waals surface area contributed by atoms with E-state index < -0.39 is 10.0 Å². The number of nitrogens with one attached hydrogen (secondary N) is 1. The van der Waals surface area contributed by atoms with Gasteiger partial charge < -0.3 is 0 Å². The second-order valence-corrected chi connectivity index (χ2v) is 8.49. The number of aryl methyl sites for hydroxylation is 2. The van der Waals surface area contributed by atoms with Crippen molar-refractivity contribution in [2.45, 2.75) is 37.2 Å². The Hall–Kier alpha value is -2.44. The van der Waals surface area contributed by atoms with Gasteiger partial charge in [0.15, 0.2) is 0 Å². The van der Waals surface area contributed by atoms with Gasteiger partial charge in [0.2, 0.25) is 10.0 Å². The Balaban J connectivity index is 1.52. The number of hydrogen-bond acceptors (Lipinski definition) is 3. The van der Waals surface area contributed by atoms with Gasteiger partial charge in [0, 0.05) is 12.2 Å². The molecule has 1 aromatic heterocycles. The van der Waals surface area contributed by atoms with Crippen molar-refractivity contribution in [1.29, 1.82) is 0 Å². The number of hydrogen-bond donors (Lipinski definition) is 1. The Morgan fingerprint density at radius 2 is 2.00 bits per heavy atom. The summed E-state index contributed by atoms with van der Waals surface area (Å²) >= 11 is 0. The fraction of sp³-hybridized carbons (Fsp3) is 0.250. The van der Waals surface area contributed by atoms with Crippen LogP contribution in [0.25, 0.3) is 0 Å². The molecule has 1 N–H and O–H groups in total. The van der Waals surface area contributed by atoms with Crippen molar-refractivity contribution >= 4 is 10.0 Å². The lowest BCUT2D eigenvalue weighted by Gasteiger charge is -2.13. The van der Waals surface area contributed by atoms with Crippen molar-refractivity contribution in [3.63, 3.8) is 0 Å². The first-order valence-electron chi connectivity index (χ1n) is 8.69. The Kier molecular flexibility index (Phi) is 4.38. The van der Waals surface area contributed by atoms with Crippen LogP contribution in [0.4, 0.5) is 0 Å². The quantitative estimate of drug-likeness (QED) is 0.753. The van der Waals surface area contributed by atoms with Crippen molar-refractivity contribution in [2.75, 3.05) is 0 Å². The lowest BCUT2D eigenvalue weighted by molar-refractivity contribution is 0.554. The van der Waals surface area contributed by atoms with Crippen LogP contribution in [0.2, 0.25) is 0 Å². The van der Waals surface area contributed by atoms with E-state index in [1.165, 1.54) is 17.3 Å². The van der Waals surface area contributed by atoms with Gasteiger partial charge in [-0.1, -0.05) is 54.1 Å². The zero-order chi connectivity index (χ0) is 18.1. The molecule has 0 amide bonds. The summed E-state index contributed by atoms with van der Waals surface area (Å²) in [7, 11) is -3.60. The summed E-state index contributed by atoms with van der Waals surface area (Å²) in [6, 6.07) is 15.9. The first-order chi connectivity index (χ1) is 12.5. The third kappa shape index (κ3) is 3.43. The molecule has 1 heterocycles. The van der Waals surface area contributed by atoms with Gasteiger partial charge >= 0.3 is 0 Å². The van der Waals surface area contributed by atoms with Crippen LogP contribution in [0.15, 0.2) is 65.8 Å². The van der Waals surface area contributed by atoms with E-state index in [1.807, 2.05) is 42.5 Å². The van der Waals surface area contributed by atoms with Crippen molar-refractivity contribution in [2.24, 2.45) is 0 Å². The minimum Gasteiger partial charge on any atom is -0.267 e. The molecule has 1 aliphatic rings. The van der Waals surface area contributed by atoms with Gasteiger partial charge in [-0.25, -0.2) is 13.1 Å². The van der Waals surface area contributed by atoms with E-state index >= 15 is 0 Å². The molecule has 0 bridgehead atoms. The maximum atomic E-state index is 12.8. The standard InChI is InChI=1S/C20H21N3O2S/c1-15-7-9-19-17(11-15)8-10-20(19)22-26(24,25)18-12-21-23(14-18)13-16-5-3-2-4-6-16/h2-7,9,11-12,14,20,22H,8,10,13H2,1H3. The average Bonchev–Trinajstić information content (AvgIpc) is 3.23. The van der Waals surface area contributed by atoms with Crippen molar-refractivity contribution in [3.8, 4) is 0 Å². The van der Waals surface area contributed by atoms with Crippen LogP contribution in [0, 0.1) is 6.92 Å². The zero-order valence-electron chi connectivity index (χ0n) is 14.6. The molecule has 5 nitrogen and oxygen atoms in total. The summed E-state index contributed by atoms with van der Waals surface area (Å²) in [5, 5.41) is 4.21. The largest absolute Gasteiger partial charge is 0.267 e. The summed E-state index contributed by atoms with van der Waals surface area (Å²) in [6.45, 7) is 2.60. The van der Waals surface area contributed by atoms with Gasteiger partial charge in [0.1, 0.15) is 4.90 Å². The van der Waals surface area contributed by atoms with Crippen LogP contribution in [0.1, 0.15) is 34.7 Å². The van der Waals surface area contributed by atoms with Gasteiger partial charge in [-0.15, -0.1) is 0 Å². The van der Waals surface area contributed by atoms with Crippen LogP contribution < -0.4 is 4.72 Å².